The molecule has 0 aromatic heterocycles. The molecule has 0 amide bonds. The van der Waals surface area contributed by atoms with Gasteiger partial charge in [-0.25, -0.2) is 0 Å². The van der Waals surface area contributed by atoms with Gasteiger partial charge in [0.2, 0.25) is 8.03 Å². The molecular weight excluding hydrogens is 231 g/mol. The van der Waals surface area contributed by atoms with E-state index in [2.05, 4.69) is 0 Å². The predicted octanol–water partition coefficient (Wildman–Crippen LogP) is 3.61. The molecule has 1 aromatic carbocycles. The smallest absolute Gasteiger partial charge is 0.218 e. The summed E-state index contributed by atoms with van der Waals surface area (Å²) in [6.45, 7) is 0. The minimum Gasteiger partial charge on any atom is -0.343 e. The van der Waals surface area contributed by atoms with E-state index in [4.69, 9.17) is 0 Å². The molecule has 94 valence electrons. The van der Waals surface area contributed by atoms with Gasteiger partial charge < -0.3 is 4.89 Å². The minimum absolute atomic E-state index is 0.493. The first kappa shape index (κ1) is 12.9. The van der Waals surface area contributed by atoms with Crippen LogP contribution in [0.3, 0.4) is 0 Å². The maximum Gasteiger partial charge on any atom is 0.218 e. The monoisotopic (exact) mass is 252 g/mol. The van der Waals surface area contributed by atoms with Gasteiger partial charge in [-0.1, -0.05) is 50.3 Å². The van der Waals surface area contributed by atoms with Crippen LogP contribution in [0.5, 0.6) is 0 Å². The van der Waals surface area contributed by atoms with Crippen molar-refractivity contribution in [3.8, 4) is 0 Å². The summed E-state index contributed by atoms with van der Waals surface area (Å²) in [7, 11) is -2.56. The molecule has 1 saturated carbocycles. The SMILES string of the molecule is O=[PH](O)c1ccccc1C1CCCCCCC1. The summed E-state index contributed by atoms with van der Waals surface area (Å²) in [6.07, 6.45) is 8.83. The van der Waals surface area contributed by atoms with E-state index in [1.165, 1.54) is 44.9 Å². The zero-order valence-electron chi connectivity index (χ0n) is 10.2. The van der Waals surface area contributed by atoms with E-state index in [9.17, 15) is 9.46 Å². The summed E-state index contributed by atoms with van der Waals surface area (Å²) < 4.78 is 11.4. The van der Waals surface area contributed by atoms with E-state index < -0.39 is 8.03 Å². The molecule has 0 heterocycles. The van der Waals surface area contributed by atoms with E-state index in [0.29, 0.717) is 11.2 Å². The average Bonchev–Trinajstić information content (AvgIpc) is 2.28. The normalized spacial score (nSPS) is 20.5. The van der Waals surface area contributed by atoms with Crippen molar-refractivity contribution in [1.29, 1.82) is 0 Å². The molecule has 17 heavy (non-hydrogen) atoms. The van der Waals surface area contributed by atoms with Crippen LogP contribution in [0.15, 0.2) is 24.3 Å². The Morgan fingerprint density at radius 3 is 2.24 bits per heavy atom. The van der Waals surface area contributed by atoms with Gasteiger partial charge in [0.05, 0.1) is 0 Å². The third-order valence-corrected chi connectivity index (χ3v) is 4.65. The van der Waals surface area contributed by atoms with Gasteiger partial charge in [-0.15, -0.1) is 0 Å². The van der Waals surface area contributed by atoms with Crippen molar-refractivity contribution in [3.63, 3.8) is 0 Å². The van der Waals surface area contributed by atoms with Crippen molar-refractivity contribution < 1.29 is 9.46 Å². The molecule has 0 radical (unpaired) electrons. The molecule has 1 unspecified atom stereocenters. The molecule has 1 fully saturated rings. The van der Waals surface area contributed by atoms with Crippen LogP contribution in [0.25, 0.3) is 0 Å². The molecule has 0 bridgehead atoms. The molecule has 0 spiro atoms. The minimum atomic E-state index is -2.56. The molecule has 1 N–H and O–H groups in total. The Bertz CT molecular complexity index is 382. The second-order valence-corrected chi connectivity index (χ2v) is 6.08. The van der Waals surface area contributed by atoms with Crippen LogP contribution in [-0.4, -0.2) is 4.89 Å². The van der Waals surface area contributed by atoms with Gasteiger partial charge in [-0.2, -0.15) is 0 Å². The van der Waals surface area contributed by atoms with Gasteiger partial charge in [-0.3, -0.25) is 4.57 Å². The van der Waals surface area contributed by atoms with Crippen LogP contribution in [0.2, 0.25) is 0 Å². The highest BCUT2D eigenvalue weighted by Crippen LogP contribution is 2.32. The van der Waals surface area contributed by atoms with Crippen LogP contribution in [-0.2, 0) is 4.57 Å². The van der Waals surface area contributed by atoms with Gasteiger partial charge in [0.25, 0.3) is 0 Å². The largest absolute Gasteiger partial charge is 0.343 e. The average molecular weight is 252 g/mol. The second-order valence-electron chi connectivity index (χ2n) is 4.93. The fourth-order valence-electron chi connectivity index (χ4n) is 2.81. The van der Waals surface area contributed by atoms with Crippen LogP contribution in [0.4, 0.5) is 0 Å². The number of hydrogen-bond donors (Lipinski definition) is 1. The Morgan fingerprint density at radius 1 is 1.00 bits per heavy atom. The van der Waals surface area contributed by atoms with Crippen molar-refractivity contribution in [3.05, 3.63) is 29.8 Å². The maximum atomic E-state index is 11.4. The van der Waals surface area contributed by atoms with E-state index in [0.717, 1.165) is 5.56 Å². The summed E-state index contributed by atoms with van der Waals surface area (Å²) in [4.78, 5) is 9.41. The highest BCUT2D eigenvalue weighted by atomic mass is 31.1. The molecule has 3 heteroatoms. The molecular formula is C14H21O2P. The molecule has 2 nitrogen and oxygen atoms in total. The summed E-state index contributed by atoms with van der Waals surface area (Å²) in [5, 5.41) is 0.683. The number of benzene rings is 1. The Kier molecular flexibility index (Phi) is 4.82. The summed E-state index contributed by atoms with van der Waals surface area (Å²) in [5.41, 5.74) is 1.13. The van der Waals surface area contributed by atoms with Crippen LogP contribution < -0.4 is 5.30 Å². The van der Waals surface area contributed by atoms with Crippen molar-refractivity contribution in [1.82, 2.24) is 0 Å². The Hall–Kier alpha value is -0.590. The Labute approximate surface area is 104 Å². The van der Waals surface area contributed by atoms with E-state index >= 15 is 0 Å². The second kappa shape index (κ2) is 6.37. The van der Waals surface area contributed by atoms with Crippen LogP contribution in [0, 0.1) is 0 Å². The number of rotatable bonds is 2. The third-order valence-electron chi connectivity index (χ3n) is 3.74. The molecule has 0 saturated heterocycles. The van der Waals surface area contributed by atoms with Gasteiger partial charge in [-0.05, 0) is 30.4 Å². The molecule has 0 aliphatic heterocycles. The van der Waals surface area contributed by atoms with Crippen molar-refractivity contribution in [2.75, 3.05) is 0 Å². The van der Waals surface area contributed by atoms with Crippen molar-refractivity contribution in [2.45, 2.75) is 50.9 Å². The first-order valence-corrected chi connectivity index (χ1v) is 7.97. The molecule has 1 aliphatic rings. The predicted molar refractivity (Wildman–Crippen MR) is 72.4 cm³/mol. The maximum absolute atomic E-state index is 11.4. The highest BCUT2D eigenvalue weighted by molar-refractivity contribution is 7.47. The fourth-order valence-corrected chi connectivity index (χ4v) is 3.59. The quantitative estimate of drug-likeness (QED) is 0.816. The Morgan fingerprint density at radius 2 is 1.59 bits per heavy atom. The molecule has 1 aliphatic carbocycles. The number of hydrogen-bond acceptors (Lipinski definition) is 1. The van der Waals surface area contributed by atoms with Crippen molar-refractivity contribution in [2.24, 2.45) is 0 Å². The molecule has 1 atom stereocenters. The highest BCUT2D eigenvalue weighted by Gasteiger charge is 2.18. The zero-order valence-corrected chi connectivity index (χ0v) is 11.2. The lowest BCUT2D eigenvalue weighted by molar-refractivity contribution is 0.456. The van der Waals surface area contributed by atoms with Gasteiger partial charge >= 0.3 is 0 Å². The summed E-state index contributed by atoms with van der Waals surface area (Å²) >= 11 is 0. The molecule has 2 rings (SSSR count). The molecule has 1 aromatic rings. The zero-order chi connectivity index (χ0) is 12.1. The van der Waals surface area contributed by atoms with Gasteiger partial charge in [0.15, 0.2) is 0 Å². The standard InChI is InChI=1S/C14H21O2P/c15-17(16)14-11-7-6-10-13(14)12-8-4-2-1-3-5-9-12/h6-7,10-12,17H,1-5,8-9H2,(H,15,16). The first-order valence-electron chi connectivity index (χ1n) is 6.61. The summed E-state index contributed by atoms with van der Waals surface area (Å²) in [5.74, 6) is 0.493. The van der Waals surface area contributed by atoms with E-state index in [1.807, 2.05) is 24.3 Å². The van der Waals surface area contributed by atoms with Crippen LogP contribution >= 0.6 is 8.03 Å². The lowest BCUT2D eigenvalue weighted by Crippen LogP contribution is -2.12. The lowest BCUT2D eigenvalue weighted by Gasteiger charge is -2.21. The van der Waals surface area contributed by atoms with Crippen LogP contribution in [0.1, 0.15) is 56.4 Å². The van der Waals surface area contributed by atoms with Gasteiger partial charge in [0.1, 0.15) is 0 Å². The van der Waals surface area contributed by atoms with Crippen molar-refractivity contribution >= 4 is 13.3 Å². The Balaban J connectivity index is 2.21. The summed E-state index contributed by atoms with van der Waals surface area (Å²) in [6, 6.07) is 7.71. The van der Waals surface area contributed by atoms with Gasteiger partial charge in [0, 0.05) is 5.30 Å². The topological polar surface area (TPSA) is 37.3 Å². The fraction of sp³-hybridized carbons (Fsp3) is 0.571. The lowest BCUT2D eigenvalue weighted by atomic mass is 9.86. The van der Waals surface area contributed by atoms with E-state index in [-0.39, 0.29) is 0 Å². The first-order chi connectivity index (χ1) is 8.29. The third kappa shape index (κ3) is 3.43. The van der Waals surface area contributed by atoms with E-state index in [1.54, 1.807) is 0 Å².